The molecule has 1 amide bonds. The van der Waals surface area contributed by atoms with Crippen molar-refractivity contribution < 1.29 is 23.8 Å². The molecule has 2 aromatic heterocycles. The molecule has 0 aliphatic carbocycles. The summed E-state index contributed by atoms with van der Waals surface area (Å²) in [5.74, 6) is -0.352. The summed E-state index contributed by atoms with van der Waals surface area (Å²) in [6, 6.07) is 16.4. The minimum atomic E-state index is -0.655. The number of carbonyl (C=O) groups is 2. The van der Waals surface area contributed by atoms with Gasteiger partial charge in [0.15, 0.2) is 0 Å². The first kappa shape index (κ1) is 28.3. The van der Waals surface area contributed by atoms with Gasteiger partial charge in [-0.2, -0.15) is 0 Å². The number of hydrogen-bond acceptors (Lipinski definition) is 7. The maximum atomic E-state index is 12.9. The zero-order valence-electron chi connectivity index (χ0n) is 22.5. The van der Waals surface area contributed by atoms with E-state index in [1.165, 1.54) is 11.8 Å². The van der Waals surface area contributed by atoms with Gasteiger partial charge in [-0.1, -0.05) is 48.5 Å². The van der Waals surface area contributed by atoms with E-state index in [-0.39, 0.29) is 30.4 Å². The van der Waals surface area contributed by atoms with Crippen LogP contribution in [0.5, 0.6) is 0 Å². The largest absolute Gasteiger partial charge is 0.506 e. The smallest absolute Gasteiger partial charge is 0.344 e. The summed E-state index contributed by atoms with van der Waals surface area (Å²) >= 11 is 7.19. The summed E-state index contributed by atoms with van der Waals surface area (Å²) in [4.78, 5) is 30.7. The van der Waals surface area contributed by atoms with Crippen molar-refractivity contribution in [3.8, 4) is 0 Å². The number of rotatable bonds is 9. The van der Waals surface area contributed by atoms with Crippen molar-refractivity contribution >= 4 is 62.9 Å². The van der Waals surface area contributed by atoms with Crippen LogP contribution in [-0.2, 0) is 33.8 Å². The van der Waals surface area contributed by atoms with E-state index in [2.05, 4.69) is 17.2 Å². The van der Waals surface area contributed by atoms with Crippen molar-refractivity contribution in [2.75, 3.05) is 6.61 Å². The zero-order valence-corrected chi connectivity index (χ0v) is 24.1. The van der Waals surface area contributed by atoms with Crippen molar-refractivity contribution in [2.24, 2.45) is 4.99 Å². The number of aliphatic hydroxyl groups excluding tert-OH is 1. The standard InChI is InChI=1S/C31H28ClN3O5S/c1-3-19-7-5-9-24-20(17-35(28(19)24)18-26(36)33-16-23-8-6-14-40-23)15-25-29(37)27(31(38)39-4-2)30(41-25)34-22-12-10-21(32)11-13-22/h5-15,17,37H,3-4,16,18H2,1-2H3,(H,33,36)/b25-15-,34-30?. The molecule has 1 aliphatic rings. The van der Waals surface area contributed by atoms with Gasteiger partial charge in [-0.05, 0) is 61.4 Å². The molecule has 0 atom stereocenters. The fraction of sp³-hybridized carbons (Fsp3) is 0.194. The van der Waals surface area contributed by atoms with Gasteiger partial charge in [-0.3, -0.25) is 4.79 Å². The topological polar surface area (TPSA) is 106 Å². The summed E-state index contributed by atoms with van der Waals surface area (Å²) in [5.41, 5.74) is 3.40. The molecule has 3 heterocycles. The molecule has 0 saturated carbocycles. The van der Waals surface area contributed by atoms with Crippen LogP contribution >= 0.6 is 23.4 Å². The van der Waals surface area contributed by atoms with Crippen molar-refractivity contribution in [1.29, 1.82) is 0 Å². The van der Waals surface area contributed by atoms with E-state index in [0.29, 0.717) is 33.0 Å². The number of aliphatic hydroxyl groups is 1. The van der Waals surface area contributed by atoms with Crippen LogP contribution in [0, 0.1) is 0 Å². The first-order valence-electron chi connectivity index (χ1n) is 13.1. The fourth-order valence-electron chi connectivity index (χ4n) is 4.57. The minimum Gasteiger partial charge on any atom is -0.506 e. The Morgan fingerprint density at radius 2 is 1.95 bits per heavy atom. The highest BCUT2D eigenvalue weighted by Gasteiger charge is 2.33. The number of furan rings is 1. The van der Waals surface area contributed by atoms with Gasteiger partial charge in [0.05, 0.1) is 35.5 Å². The van der Waals surface area contributed by atoms with Crippen LogP contribution in [-0.4, -0.2) is 33.2 Å². The molecule has 0 radical (unpaired) electrons. The summed E-state index contributed by atoms with van der Waals surface area (Å²) in [6.07, 6.45) is 6.03. The fourth-order valence-corrected chi connectivity index (χ4v) is 5.72. The van der Waals surface area contributed by atoms with E-state index >= 15 is 0 Å². The van der Waals surface area contributed by atoms with Gasteiger partial charge < -0.3 is 24.1 Å². The number of aromatic nitrogens is 1. The number of fused-ring (bicyclic) bond motifs is 1. The van der Waals surface area contributed by atoms with Crippen LogP contribution < -0.4 is 5.32 Å². The average molecular weight is 590 g/mol. The van der Waals surface area contributed by atoms with Crippen LogP contribution in [0.3, 0.4) is 0 Å². The molecule has 210 valence electrons. The van der Waals surface area contributed by atoms with Gasteiger partial charge in [0.25, 0.3) is 0 Å². The van der Waals surface area contributed by atoms with Gasteiger partial charge >= 0.3 is 5.97 Å². The first-order chi connectivity index (χ1) is 19.9. The Morgan fingerprint density at radius 3 is 2.66 bits per heavy atom. The molecule has 1 aliphatic heterocycles. The van der Waals surface area contributed by atoms with Crippen LogP contribution in [0.2, 0.25) is 5.02 Å². The van der Waals surface area contributed by atoms with Crippen molar-refractivity contribution in [3.63, 3.8) is 0 Å². The number of para-hydroxylation sites is 1. The van der Waals surface area contributed by atoms with Crippen molar-refractivity contribution in [1.82, 2.24) is 9.88 Å². The number of aliphatic imine (C=N–C) groups is 1. The Balaban J connectivity index is 1.52. The van der Waals surface area contributed by atoms with Crippen molar-refractivity contribution in [2.45, 2.75) is 33.4 Å². The molecule has 0 spiro atoms. The first-order valence-corrected chi connectivity index (χ1v) is 14.3. The Labute approximate surface area is 246 Å². The van der Waals surface area contributed by atoms with E-state index in [4.69, 9.17) is 20.8 Å². The van der Waals surface area contributed by atoms with E-state index in [9.17, 15) is 14.7 Å². The molecular weight excluding hydrogens is 562 g/mol. The molecular formula is C31H28ClN3O5S. The number of carbonyl (C=O) groups excluding carboxylic acids is 2. The molecule has 2 N–H and O–H groups in total. The molecule has 5 rings (SSSR count). The molecule has 0 unspecified atom stereocenters. The van der Waals surface area contributed by atoms with Crippen LogP contribution in [0.1, 0.15) is 30.7 Å². The van der Waals surface area contributed by atoms with E-state index < -0.39 is 5.97 Å². The minimum absolute atomic E-state index is 0.00772. The van der Waals surface area contributed by atoms with E-state index in [0.717, 1.165) is 28.5 Å². The average Bonchev–Trinajstić information content (AvgIpc) is 3.68. The molecule has 41 heavy (non-hydrogen) atoms. The number of nitrogens with zero attached hydrogens (tertiary/aromatic N) is 2. The molecule has 0 fully saturated rings. The lowest BCUT2D eigenvalue weighted by Crippen LogP contribution is -2.26. The number of esters is 1. The lowest BCUT2D eigenvalue weighted by atomic mass is 10.1. The zero-order chi connectivity index (χ0) is 28.9. The third-order valence-corrected chi connectivity index (χ3v) is 7.73. The molecule has 4 aromatic rings. The number of ether oxygens (including phenoxy) is 1. The molecule has 8 nitrogen and oxygen atoms in total. The Hall–Kier alpha value is -4.21. The SMILES string of the molecule is CCOC(=O)C1=C(O)/C(=C/c2cn(CC(=O)NCc3ccco3)c3c(CC)cccc23)SC1=Nc1ccc(Cl)cc1. The lowest BCUT2D eigenvalue weighted by molar-refractivity contribution is -0.138. The number of aryl methyl sites for hydroxylation is 1. The summed E-state index contributed by atoms with van der Waals surface area (Å²) in [6.45, 7) is 4.32. The predicted molar refractivity (Wildman–Crippen MR) is 162 cm³/mol. The lowest BCUT2D eigenvalue weighted by Gasteiger charge is -2.09. The van der Waals surface area contributed by atoms with Gasteiger partial charge in [0, 0.05) is 22.2 Å². The maximum Gasteiger partial charge on any atom is 0.344 e. The summed E-state index contributed by atoms with van der Waals surface area (Å²) in [7, 11) is 0. The monoisotopic (exact) mass is 589 g/mol. The number of nitrogens with one attached hydrogen (secondary N) is 1. The quantitative estimate of drug-likeness (QED) is 0.204. The number of benzene rings is 2. The molecule has 2 aromatic carbocycles. The Morgan fingerprint density at radius 1 is 1.15 bits per heavy atom. The molecule has 0 saturated heterocycles. The van der Waals surface area contributed by atoms with Gasteiger partial charge in [-0.15, -0.1) is 0 Å². The third-order valence-electron chi connectivity index (χ3n) is 6.46. The maximum absolute atomic E-state index is 12.9. The summed E-state index contributed by atoms with van der Waals surface area (Å²) < 4.78 is 12.4. The Kier molecular flexibility index (Phi) is 8.66. The number of thioether (sulfide) groups is 1. The normalized spacial score (nSPS) is 15.3. The predicted octanol–water partition coefficient (Wildman–Crippen LogP) is 6.96. The summed E-state index contributed by atoms with van der Waals surface area (Å²) in [5, 5.41) is 15.9. The highest BCUT2D eigenvalue weighted by atomic mass is 35.5. The van der Waals surface area contributed by atoms with E-state index in [1.54, 1.807) is 49.6 Å². The molecule has 0 bridgehead atoms. The second kappa shape index (κ2) is 12.5. The van der Waals surface area contributed by atoms with Gasteiger partial charge in [0.1, 0.15) is 28.7 Å². The van der Waals surface area contributed by atoms with Crippen LogP contribution in [0.15, 0.2) is 92.7 Å². The third kappa shape index (κ3) is 6.26. The second-order valence-corrected chi connectivity index (χ2v) is 10.7. The van der Waals surface area contributed by atoms with Crippen LogP contribution in [0.25, 0.3) is 17.0 Å². The number of halogens is 1. The van der Waals surface area contributed by atoms with Gasteiger partial charge in [-0.25, -0.2) is 9.79 Å². The Bertz CT molecular complexity index is 1680. The van der Waals surface area contributed by atoms with E-state index in [1.807, 2.05) is 35.0 Å². The van der Waals surface area contributed by atoms with Crippen molar-refractivity contribution in [3.05, 3.63) is 105 Å². The molecule has 10 heteroatoms. The van der Waals surface area contributed by atoms with Crippen LogP contribution in [0.4, 0.5) is 5.69 Å². The highest BCUT2D eigenvalue weighted by Crippen LogP contribution is 2.41. The highest BCUT2D eigenvalue weighted by molar-refractivity contribution is 8.18. The number of amides is 1. The second-order valence-electron chi connectivity index (χ2n) is 9.18. The number of hydrogen-bond donors (Lipinski definition) is 2. The van der Waals surface area contributed by atoms with Gasteiger partial charge in [0.2, 0.25) is 5.91 Å².